The molecule has 0 aliphatic carbocycles. The fourth-order valence-electron chi connectivity index (χ4n) is 2.53. The van der Waals surface area contributed by atoms with Gasteiger partial charge < -0.3 is 10.0 Å². The Bertz CT molecular complexity index is 804. The standard InChI is InChI=1S/C11H16N6O5S3.Na.H/c12-25(21,22)2-1-17-10(13-14-15-17)24-6-11(9(19)20)4-16-7(18)3-8(16)23-5-11;;/h8H,1-6H2,(H,19,20)(H2,12,21,22);;/t8-,11?;;/m1../s1. The van der Waals surface area contributed by atoms with Crippen molar-refractivity contribution < 1.29 is 23.1 Å². The number of carbonyl (C=O) groups excluding carboxylic acids is 1. The molecule has 2 atom stereocenters. The van der Waals surface area contributed by atoms with E-state index in [2.05, 4.69) is 15.5 Å². The van der Waals surface area contributed by atoms with E-state index >= 15 is 0 Å². The van der Waals surface area contributed by atoms with Gasteiger partial charge in [-0.25, -0.2) is 18.2 Å². The van der Waals surface area contributed by atoms with Gasteiger partial charge in [0.15, 0.2) is 0 Å². The van der Waals surface area contributed by atoms with Crippen molar-refractivity contribution in [2.75, 3.05) is 23.8 Å². The van der Waals surface area contributed by atoms with Crippen LogP contribution in [0, 0.1) is 5.41 Å². The number of carboxylic acids is 1. The molecule has 11 nitrogen and oxygen atoms in total. The number of sulfonamides is 1. The molecule has 3 heterocycles. The Morgan fingerprint density at radius 3 is 2.85 bits per heavy atom. The summed E-state index contributed by atoms with van der Waals surface area (Å²) in [6.45, 7) is 0.139. The number of carbonyl (C=O) groups is 2. The Hall–Kier alpha value is -0.380. The first-order chi connectivity index (χ1) is 11.7. The average Bonchev–Trinajstić information content (AvgIpc) is 2.97. The number of aryl methyl sites for hydroxylation is 1. The number of thioether (sulfide) groups is 2. The minimum atomic E-state index is -3.66. The molecule has 2 saturated heterocycles. The second-order valence-corrected chi connectivity index (χ2v) is 9.76. The fraction of sp³-hybridized carbons (Fsp3) is 0.727. The number of amides is 1. The van der Waals surface area contributed by atoms with Crippen LogP contribution in [0.3, 0.4) is 0 Å². The first-order valence-electron chi connectivity index (χ1n) is 7.24. The number of rotatable bonds is 7. The number of β-lactam (4-membered cyclic amide) rings is 1. The molecule has 1 unspecified atom stereocenters. The topological polar surface area (TPSA) is 161 Å². The number of nitrogens with zero attached hydrogens (tertiary/aromatic N) is 5. The normalized spacial score (nSPS) is 25.2. The molecule has 0 aromatic carbocycles. The first-order valence-corrected chi connectivity index (χ1v) is 11.0. The van der Waals surface area contributed by atoms with E-state index in [-0.39, 0.29) is 65.4 Å². The Labute approximate surface area is 180 Å². The number of hydrogen-bond acceptors (Lipinski definition) is 9. The van der Waals surface area contributed by atoms with Crippen LogP contribution in [0.5, 0.6) is 0 Å². The predicted molar refractivity (Wildman–Crippen MR) is 96.3 cm³/mol. The average molecular weight is 432 g/mol. The molecule has 2 aliphatic rings. The van der Waals surface area contributed by atoms with Crippen LogP contribution in [-0.2, 0) is 26.2 Å². The predicted octanol–water partition coefficient (Wildman–Crippen LogP) is -2.22. The third kappa shape index (κ3) is 4.72. The van der Waals surface area contributed by atoms with Crippen LogP contribution in [0.25, 0.3) is 0 Å². The van der Waals surface area contributed by atoms with Crippen molar-refractivity contribution in [2.45, 2.75) is 23.5 Å². The molecular formula is C11H17N6NaO5S3. The summed E-state index contributed by atoms with van der Waals surface area (Å²) in [6.07, 6.45) is 0.458. The summed E-state index contributed by atoms with van der Waals surface area (Å²) < 4.78 is 23.4. The van der Waals surface area contributed by atoms with E-state index < -0.39 is 21.4 Å². The Kier molecular flexibility index (Phi) is 7.02. The molecule has 3 N–H and O–H groups in total. The quantitative estimate of drug-likeness (QED) is 0.274. The Morgan fingerprint density at radius 2 is 2.23 bits per heavy atom. The molecule has 2 fully saturated rings. The second-order valence-electron chi connectivity index (χ2n) is 5.92. The molecule has 0 radical (unpaired) electrons. The van der Waals surface area contributed by atoms with Crippen molar-refractivity contribution in [3.63, 3.8) is 0 Å². The Balaban J connectivity index is 0.00000243. The van der Waals surface area contributed by atoms with Gasteiger partial charge in [-0.05, 0) is 10.4 Å². The van der Waals surface area contributed by atoms with Gasteiger partial charge in [-0.2, -0.15) is 0 Å². The van der Waals surface area contributed by atoms with E-state index in [9.17, 15) is 23.1 Å². The van der Waals surface area contributed by atoms with Crippen molar-refractivity contribution in [2.24, 2.45) is 10.6 Å². The molecule has 1 aromatic heterocycles. The number of hydrogen-bond donors (Lipinski definition) is 2. The monoisotopic (exact) mass is 432 g/mol. The van der Waals surface area contributed by atoms with Gasteiger partial charge in [0.25, 0.3) is 0 Å². The molecule has 0 bridgehead atoms. The summed E-state index contributed by atoms with van der Waals surface area (Å²) in [5, 5.41) is 26.0. The Morgan fingerprint density at radius 1 is 1.50 bits per heavy atom. The zero-order valence-electron chi connectivity index (χ0n) is 12.9. The van der Waals surface area contributed by atoms with Gasteiger partial charge in [-0.1, -0.05) is 11.8 Å². The van der Waals surface area contributed by atoms with Gasteiger partial charge in [0.1, 0.15) is 5.41 Å². The first kappa shape index (κ1) is 21.9. The second kappa shape index (κ2) is 8.32. The van der Waals surface area contributed by atoms with Crippen LogP contribution < -0.4 is 5.14 Å². The number of nitrogens with two attached hydrogens (primary N) is 1. The van der Waals surface area contributed by atoms with Gasteiger partial charge in [-0.3, -0.25) is 9.59 Å². The number of fused-ring (bicyclic) bond motifs is 1. The summed E-state index contributed by atoms with van der Waals surface area (Å²) in [5.41, 5.74) is -1.10. The molecule has 15 heteroatoms. The van der Waals surface area contributed by atoms with Gasteiger partial charge in [0.05, 0.1) is 24.1 Å². The van der Waals surface area contributed by atoms with E-state index in [1.807, 2.05) is 0 Å². The summed E-state index contributed by atoms with van der Waals surface area (Å²) in [4.78, 5) is 25.1. The van der Waals surface area contributed by atoms with Crippen LogP contribution in [0.2, 0.25) is 0 Å². The van der Waals surface area contributed by atoms with Crippen molar-refractivity contribution in [3.8, 4) is 0 Å². The van der Waals surface area contributed by atoms with E-state index in [0.717, 1.165) is 11.8 Å². The maximum absolute atomic E-state index is 11.8. The van der Waals surface area contributed by atoms with Crippen molar-refractivity contribution in [1.29, 1.82) is 0 Å². The fourth-order valence-corrected chi connectivity index (χ4v) is 5.64. The number of primary sulfonamides is 1. The number of aliphatic carboxylic acids is 1. The molecule has 2 aliphatic heterocycles. The van der Waals surface area contributed by atoms with Gasteiger partial charge in [-0.15, -0.1) is 16.9 Å². The summed E-state index contributed by atoms with van der Waals surface area (Å²) in [7, 11) is -3.66. The molecule has 0 spiro atoms. The van der Waals surface area contributed by atoms with Crippen LogP contribution >= 0.6 is 23.5 Å². The SMILES string of the molecule is NS(=O)(=O)CCn1nnnc1SCC1(C(=O)O)CS[C@@H]2CC(=O)N2C1.[NaH]. The molecule has 1 aromatic rings. The number of aromatic nitrogens is 4. The van der Waals surface area contributed by atoms with Crippen LogP contribution in [0.4, 0.5) is 0 Å². The number of tetrazole rings is 1. The van der Waals surface area contributed by atoms with Crippen LogP contribution in [-0.4, -0.2) is 109 Å². The van der Waals surface area contributed by atoms with Gasteiger partial charge in [0.2, 0.25) is 21.1 Å². The van der Waals surface area contributed by atoms with Crippen molar-refractivity contribution >= 4 is 75.0 Å². The third-order valence-corrected chi connectivity index (χ3v) is 7.58. The zero-order valence-corrected chi connectivity index (χ0v) is 15.4. The van der Waals surface area contributed by atoms with Crippen LogP contribution in [0.1, 0.15) is 6.42 Å². The molecule has 26 heavy (non-hydrogen) atoms. The molecule has 3 rings (SSSR count). The maximum atomic E-state index is 11.8. The molecular weight excluding hydrogens is 415 g/mol. The van der Waals surface area contributed by atoms with Crippen molar-refractivity contribution in [1.82, 2.24) is 25.1 Å². The molecule has 0 saturated carbocycles. The minimum absolute atomic E-state index is 0. The number of carboxylic acid groups (broad SMARTS) is 1. The molecule has 140 valence electrons. The summed E-state index contributed by atoms with van der Waals surface area (Å²) in [5.74, 6) is -0.778. The van der Waals surface area contributed by atoms with Gasteiger partial charge in [0, 0.05) is 18.1 Å². The van der Waals surface area contributed by atoms with Crippen LogP contribution in [0.15, 0.2) is 5.16 Å². The van der Waals surface area contributed by atoms with E-state index in [1.165, 1.54) is 16.4 Å². The van der Waals surface area contributed by atoms with E-state index in [0.29, 0.717) is 17.3 Å². The molecule has 1 amide bonds. The van der Waals surface area contributed by atoms with Gasteiger partial charge >= 0.3 is 35.5 Å². The summed E-state index contributed by atoms with van der Waals surface area (Å²) in [6, 6.07) is 0. The van der Waals surface area contributed by atoms with E-state index in [4.69, 9.17) is 5.14 Å². The van der Waals surface area contributed by atoms with Crippen molar-refractivity contribution in [3.05, 3.63) is 0 Å². The zero-order chi connectivity index (χ0) is 18.2. The third-order valence-electron chi connectivity index (χ3n) is 4.06. The van der Waals surface area contributed by atoms with E-state index in [1.54, 1.807) is 4.90 Å². The summed E-state index contributed by atoms with van der Waals surface area (Å²) >= 11 is 2.59.